The highest BCUT2D eigenvalue weighted by molar-refractivity contribution is 6.11. The fraction of sp³-hybridized carbons (Fsp3) is 0.238. The first-order valence-electron chi connectivity index (χ1n) is 8.47. The third-order valence-electron chi connectivity index (χ3n) is 4.21. The number of rotatable bonds is 6. The summed E-state index contributed by atoms with van der Waals surface area (Å²) < 4.78 is 8.01. The molecule has 0 unspecified atom stereocenters. The molecule has 0 radical (unpaired) electrons. The molecule has 1 aromatic heterocycles. The van der Waals surface area contributed by atoms with Crippen molar-refractivity contribution in [3.05, 3.63) is 82.9 Å². The minimum atomic E-state index is 0.438. The summed E-state index contributed by atoms with van der Waals surface area (Å²) in [5, 5.41) is 4.22. The smallest absolute Gasteiger partial charge is 0.162 e. The summed E-state index contributed by atoms with van der Waals surface area (Å²) in [4.78, 5) is 9.49. The Morgan fingerprint density at radius 1 is 1.15 bits per heavy atom. The molecule has 0 saturated carbocycles. The highest BCUT2D eigenvalue weighted by Crippen LogP contribution is 2.22. The number of oxime groups is 1. The normalized spacial score (nSPS) is 11.5. The summed E-state index contributed by atoms with van der Waals surface area (Å²) in [5.41, 5.74) is 4.93. The molecule has 5 nitrogen and oxygen atoms in total. The van der Waals surface area contributed by atoms with E-state index in [1.165, 1.54) is 12.7 Å². The molecular formula is C21H23N3O2. The second-order valence-corrected chi connectivity index (χ2v) is 6.20. The van der Waals surface area contributed by atoms with Gasteiger partial charge in [-0.2, -0.15) is 0 Å². The van der Waals surface area contributed by atoms with E-state index >= 15 is 0 Å². The zero-order chi connectivity index (χ0) is 18.5. The van der Waals surface area contributed by atoms with E-state index in [-0.39, 0.29) is 0 Å². The molecule has 5 heteroatoms. The van der Waals surface area contributed by atoms with Crippen molar-refractivity contribution in [3.8, 4) is 5.75 Å². The minimum Gasteiger partial charge on any atom is -0.489 e. The van der Waals surface area contributed by atoms with Crippen LogP contribution in [0.15, 0.2) is 60.0 Å². The number of nitrogens with zero attached hydrogens (tertiary/aromatic N) is 3. The molecule has 0 bridgehead atoms. The fourth-order valence-electron chi connectivity index (χ4n) is 2.79. The van der Waals surface area contributed by atoms with Crippen LogP contribution in [-0.4, -0.2) is 22.4 Å². The van der Waals surface area contributed by atoms with Crippen LogP contribution in [0.25, 0.3) is 0 Å². The van der Waals surface area contributed by atoms with Crippen molar-refractivity contribution in [2.75, 3.05) is 7.11 Å². The van der Waals surface area contributed by atoms with Gasteiger partial charge in [0.05, 0.1) is 0 Å². The van der Waals surface area contributed by atoms with Gasteiger partial charge < -0.3 is 14.1 Å². The van der Waals surface area contributed by atoms with Gasteiger partial charge in [0.1, 0.15) is 19.5 Å². The average Bonchev–Trinajstić information content (AvgIpc) is 3.06. The van der Waals surface area contributed by atoms with Crippen LogP contribution >= 0.6 is 0 Å². The Kier molecular flexibility index (Phi) is 5.37. The molecule has 0 aliphatic heterocycles. The lowest BCUT2D eigenvalue weighted by molar-refractivity contribution is 0.213. The highest BCUT2D eigenvalue weighted by atomic mass is 16.6. The van der Waals surface area contributed by atoms with Gasteiger partial charge in [-0.15, -0.1) is 0 Å². The van der Waals surface area contributed by atoms with Gasteiger partial charge in [-0.25, -0.2) is 4.98 Å². The third kappa shape index (κ3) is 3.77. The van der Waals surface area contributed by atoms with Crippen molar-refractivity contribution in [2.24, 2.45) is 12.2 Å². The van der Waals surface area contributed by atoms with Gasteiger partial charge in [-0.1, -0.05) is 41.6 Å². The summed E-state index contributed by atoms with van der Waals surface area (Å²) in [7, 11) is 3.47. The van der Waals surface area contributed by atoms with Gasteiger partial charge in [0.25, 0.3) is 0 Å². The van der Waals surface area contributed by atoms with Crippen LogP contribution in [0.4, 0.5) is 0 Å². The summed E-state index contributed by atoms with van der Waals surface area (Å²) in [6, 6.07) is 14.2. The van der Waals surface area contributed by atoms with Crippen molar-refractivity contribution in [2.45, 2.75) is 20.5 Å². The Balaban J connectivity index is 1.94. The first-order valence-corrected chi connectivity index (χ1v) is 8.47. The zero-order valence-corrected chi connectivity index (χ0v) is 15.6. The lowest BCUT2D eigenvalue weighted by Crippen LogP contribution is -2.14. The Labute approximate surface area is 153 Å². The van der Waals surface area contributed by atoms with Gasteiger partial charge >= 0.3 is 0 Å². The van der Waals surface area contributed by atoms with E-state index in [4.69, 9.17) is 9.57 Å². The zero-order valence-electron chi connectivity index (χ0n) is 15.6. The van der Waals surface area contributed by atoms with E-state index in [2.05, 4.69) is 35.3 Å². The molecule has 0 spiro atoms. The molecule has 0 saturated heterocycles. The SMILES string of the molecule is CO/N=C(/c1ccccc1COc1cc(C)ccc1C)c1nccn1C. The number of ether oxygens (including phenoxy) is 1. The van der Waals surface area contributed by atoms with E-state index in [1.807, 2.05) is 49.0 Å². The van der Waals surface area contributed by atoms with E-state index in [0.29, 0.717) is 12.3 Å². The number of hydrogen-bond acceptors (Lipinski definition) is 4. The maximum absolute atomic E-state index is 6.10. The minimum absolute atomic E-state index is 0.438. The summed E-state index contributed by atoms with van der Waals surface area (Å²) in [5.74, 6) is 1.63. The summed E-state index contributed by atoms with van der Waals surface area (Å²) in [6.07, 6.45) is 3.63. The number of hydrogen-bond donors (Lipinski definition) is 0. The number of aromatic nitrogens is 2. The van der Waals surface area contributed by atoms with E-state index < -0.39 is 0 Å². The van der Waals surface area contributed by atoms with Gasteiger partial charge in [0.15, 0.2) is 11.5 Å². The molecule has 2 aromatic carbocycles. The quantitative estimate of drug-likeness (QED) is 0.499. The fourth-order valence-corrected chi connectivity index (χ4v) is 2.79. The molecule has 134 valence electrons. The Bertz CT molecular complexity index is 929. The lowest BCUT2D eigenvalue weighted by atomic mass is 10.0. The Morgan fingerprint density at radius 2 is 1.96 bits per heavy atom. The molecular weight excluding hydrogens is 326 g/mol. The van der Waals surface area contributed by atoms with Crippen LogP contribution in [0.3, 0.4) is 0 Å². The Hall–Kier alpha value is -3.08. The second kappa shape index (κ2) is 7.87. The van der Waals surface area contributed by atoms with Crippen LogP contribution in [0.5, 0.6) is 5.75 Å². The van der Waals surface area contributed by atoms with Crippen molar-refractivity contribution in [3.63, 3.8) is 0 Å². The van der Waals surface area contributed by atoms with E-state index in [9.17, 15) is 0 Å². The number of imidazole rings is 1. The molecule has 1 heterocycles. The standard InChI is InChI=1S/C21H23N3O2/c1-15-9-10-16(2)19(13-15)26-14-17-7-5-6-8-18(17)20(23-25-4)21-22-11-12-24(21)3/h5-13H,14H2,1-4H3/b23-20-. The van der Waals surface area contributed by atoms with Gasteiger partial charge in [-0.3, -0.25) is 0 Å². The molecule has 0 fully saturated rings. The topological polar surface area (TPSA) is 48.6 Å². The van der Waals surface area contributed by atoms with Crippen LogP contribution in [-0.2, 0) is 18.5 Å². The molecule has 26 heavy (non-hydrogen) atoms. The summed E-state index contributed by atoms with van der Waals surface area (Å²) >= 11 is 0. The van der Waals surface area contributed by atoms with Crippen molar-refractivity contribution in [1.29, 1.82) is 0 Å². The second-order valence-electron chi connectivity index (χ2n) is 6.20. The van der Waals surface area contributed by atoms with Crippen molar-refractivity contribution in [1.82, 2.24) is 9.55 Å². The number of benzene rings is 2. The average molecular weight is 349 g/mol. The van der Waals surface area contributed by atoms with Gasteiger partial charge in [0.2, 0.25) is 0 Å². The van der Waals surface area contributed by atoms with Crippen LogP contribution in [0.1, 0.15) is 28.1 Å². The molecule has 0 atom stereocenters. The molecule has 3 rings (SSSR count). The lowest BCUT2D eigenvalue weighted by Gasteiger charge is -2.14. The van der Waals surface area contributed by atoms with Gasteiger partial charge in [-0.05, 0) is 36.6 Å². The Morgan fingerprint density at radius 3 is 2.69 bits per heavy atom. The first-order chi connectivity index (χ1) is 12.6. The molecule has 0 aliphatic carbocycles. The summed E-state index contributed by atoms with van der Waals surface area (Å²) in [6.45, 7) is 4.55. The molecule has 0 aliphatic rings. The predicted octanol–water partition coefficient (Wildman–Crippen LogP) is 4.01. The molecule has 0 amide bonds. The van der Waals surface area contributed by atoms with Gasteiger partial charge in [0, 0.05) is 25.0 Å². The molecule has 3 aromatic rings. The van der Waals surface area contributed by atoms with Crippen LogP contribution in [0.2, 0.25) is 0 Å². The largest absolute Gasteiger partial charge is 0.489 e. The third-order valence-corrected chi connectivity index (χ3v) is 4.21. The monoisotopic (exact) mass is 349 g/mol. The predicted molar refractivity (Wildman–Crippen MR) is 103 cm³/mol. The van der Waals surface area contributed by atoms with Crippen LogP contribution in [0, 0.1) is 13.8 Å². The van der Waals surface area contributed by atoms with E-state index in [1.54, 1.807) is 6.20 Å². The maximum Gasteiger partial charge on any atom is 0.162 e. The van der Waals surface area contributed by atoms with Crippen molar-refractivity contribution >= 4 is 5.71 Å². The van der Waals surface area contributed by atoms with Crippen molar-refractivity contribution < 1.29 is 9.57 Å². The highest BCUT2D eigenvalue weighted by Gasteiger charge is 2.17. The number of aryl methyl sites for hydroxylation is 3. The first kappa shape index (κ1) is 17.7. The maximum atomic E-state index is 6.10. The van der Waals surface area contributed by atoms with Crippen LogP contribution < -0.4 is 4.74 Å². The van der Waals surface area contributed by atoms with E-state index in [0.717, 1.165) is 28.3 Å². The molecule has 0 N–H and O–H groups in total.